The number of anilines is 1. The van der Waals surface area contributed by atoms with Gasteiger partial charge in [-0.3, -0.25) is 0 Å². The summed E-state index contributed by atoms with van der Waals surface area (Å²) in [5, 5.41) is 15.0. The van der Waals surface area contributed by atoms with Gasteiger partial charge in [-0.2, -0.15) is 4.68 Å². The fourth-order valence-corrected chi connectivity index (χ4v) is 4.46. The Morgan fingerprint density at radius 1 is 1.22 bits per heavy atom. The maximum absolute atomic E-state index is 14.1. The van der Waals surface area contributed by atoms with Gasteiger partial charge in [-0.1, -0.05) is 36.6 Å². The molecule has 1 aliphatic heterocycles. The molecule has 4 rings (SSSR count). The number of allylic oxidation sites excluding steroid dienone is 1. The smallest absolute Gasteiger partial charge is 0.338 e. The highest BCUT2D eigenvalue weighted by molar-refractivity contribution is 9.10. The fourth-order valence-electron chi connectivity index (χ4n) is 3.89. The van der Waals surface area contributed by atoms with E-state index in [2.05, 4.69) is 36.8 Å². The van der Waals surface area contributed by atoms with Crippen LogP contribution in [0.4, 0.5) is 10.3 Å². The first-order valence-electron chi connectivity index (χ1n) is 11.7. The summed E-state index contributed by atoms with van der Waals surface area (Å²) in [6.45, 7) is 6.37. The highest BCUT2D eigenvalue weighted by atomic mass is 79.9. The molecule has 0 spiro atoms. The lowest BCUT2D eigenvalue weighted by Crippen LogP contribution is -2.30. The first kappa shape index (κ1) is 25.6. The zero-order valence-electron chi connectivity index (χ0n) is 20.3. The number of nitrogens with zero attached hydrogens (tertiary/aromatic N) is 4. The molecule has 1 atom stereocenters. The molecule has 190 valence electrons. The minimum absolute atomic E-state index is 0.0171. The van der Waals surface area contributed by atoms with Crippen LogP contribution in [0.5, 0.6) is 11.5 Å². The molecule has 36 heavy (non-hydrogen) atoms. The number of hydrogen-bond acceptors (Lipinski definition) is 8. The Morgan fingerprint density at radius 3 is 2.78 bits per heavy atom. The third-order valence-corrected chi connectivity index (χ3v) is 6.23. The van der Waals surface area contributed by atoms with Crippen LogP contribution in [-0.4, -0.2) is 39.4 Å². The van der Waals surface area contributed by atoms with Crippen molar-refractivity contribution >= 4 is 27.8 Å². The van der Waals surface area contributed by atoms with Gasteiger partial charge < -0.3 is 19.5 Å². The molecule has 3 aromatic rings. The van der Waals surface area contributed by atoms with Gasteiger partial charge in [-0.15, -0.1) is 0 Å². The lowest BCUT2D eigenvalue weighted by atomic mass is 9.95. The van der Waals surface area contributed by atoms with Gasteiger partial charge in [0.25, 0.3) is 0 Å². The summed E-state index contributed by atoms with van der Waals surface area (Å²) in [4.78, 5) is 13.1. The van der Waals surface area contributed by atoms with Crippen LogP contribution in [0, 0.1) is 5.82 Å². The summed E-state index contributed by atoms with van der Waals surface area (Å²) in [5.41, 5.74) is 2.08. The predicted octanol–water partition coefficient (Wildman–Crippen LogP) is 5.18. The molecule has 0 saturated carbocycles. The molecule has 11 heteroatoms. The van der Waals surface area contributed by atoms with Crippen LogP contribution < -0.4 is 14.8 Å². The van der Waals surface area contributed by atoms with Crippen molar-refractivity contribution in [3.8, 4) is 11.5 Å². The number of carbonyl (C=O) groups is 1. The Balaban J connectivity index is 1.73. The second-order valence-electron chi connectivity index (χ2n) is 8.15. The van der Waals surface area contributed by atoms with Gasteiger partial charge in [0.1, 0.15) is 18.5 Å². The summed E-state index contributed by atoms with van der Waals surface area (Å²) in [6.07, 6.45) is 1.67. The maximum Gasteiger partial charge on any atom is 0.338 e. The number of esters is 1. The van der Waals surface area contributed by atoms with E-state index in [9.17, 15) is 9.18 Å². The highest BCUT2D eigenvalue weighted by Crippen LogP contribution is 2.43. The largest absolute Gasteiger partial charge is 0.490 e. The van der Waals surface area contributed by atoms with Crippen molar-refractivity contribution in [2.24, 2.45) is 0 Å². The quantitative estimate of drug-likeness (QED) is 0.267. The summed E-state index contributed by atoms with van der Waals surface area (Å²) < 4.78 is 33.6. The number of carbonyl (C=O) groups excluding carboxylic acids is 1. The summed E-state index contributed by atoms with van der Waals surface area (Å²) >= 11 is 3.57. The van der Waals surface area contributed by atoms with Crippen LogP contribution in [0.2, 0.25) is 0 Å². The van der Waals surface area contributed by atoms with Crippen molar-refractivity contribution in [1.29, 1.82) is 0 Å². The van der Waals surface area contributed by atoms with E-state index in [4.69, 9.17) is 14.2 Å². The molecule has 0 aliphatic carbocycles. The van der Waals surface area contributed by atoms with Gasteiger partial charge in [0.05, 0.1) is 23.3 Å². The lowest BCUT2D eigenvalue weighted by molar-refractivity contribution is -0.139. The van der Waals surface area contributed by atoms with E-state index in [1.54, 1.807) is 31.2 Å². The summed E-state index contributed by atoms with van der Waals surface area (Å²) in [5.74, 6) is 0.450. The monoisotopic (exact) mass is 559 g/mol. The van der Waals surface area contributed by atoms with E-state index in [0.29, 0.717) is 57.5 Å². The molecule has 0 saturated heterocycles. The Kier molecular flexibility index (Phi) is 8.19. The van der Waals surface area contributed by atoms with Crippen molar-refractivity contribution in [2.45, 2.75) is 46.3 Å². The molecule has 0 radical (unpaired) electrons. The van der Waals surface area contributed by atoms with E-state index in [1.807, 2.05) is 19.9 Å². The Labute approximate surface area is 216 Å². The number of fused-ring (bicyclic) bond motifs is 1. The molecule has 1 aromatic heterocycles. The molecule has 2 aromatic carbocycles. The van der Waals surface area contributed by atoms with E-state index >= 15 is 0 Å². The standard InChI is InChI=1S/C25H27BrFN5O4/c1-4-6-11-35-24(33)21-15(3)28-25-29-30-31-32(25)22(21)17-12-18(26)23(20(13-17)34-5-2)36-14-16-9-7-8-10-19(16)27/h7-10,12-13,22H,4-6,11,14H2,1-3H3,(H,28,29,31). The van der Waals surface area contributed by atoms with E-state index in [1.165, 1.54) is 10.7 Å². The van der Waals surface area contributed by atoms with Crippen LogP contribution in [0.15, 0.2) is 52.1 Å². The van der Waals surface area contributed by atoms with Crippen molar-refractivity contribution in [3.63, 3.8) is 0 Å². The zero-order chi connectivity index (χ0) is 25.7. The van der Waals surface area contributed by atoms with E-state index < -0.39 is 12.0 Å². The number of unbranched alkanes of at least 4 members (excludes halogenated alkanes) is 1. The van der Waals surface area contributed by atoms with Crippen LogP contribution in [0.1, 0.15) is 50.8 Å². The number of ether oxygens (including phenoxy) is 3. The average Bonchev–Trinajstić information content (AvgIpc) is 3.31. The van der Waals surface area contributed by atoms with Crippen molar-refractivity contribution in [3.05, 3.63) is 69.1 Å². The number of tetrazole rings is 1. The second-order valence-corrected chi connectivity index (χ2v) is 9.00. The normalized spacial score (nSPS) is 14.8. The van der Waals surface area contributed by atoms with Gasteiger partial charge in [0, 0.05) is 11.3 Å². The molecule has 9 nitrogen and oxygen atoms in total. The van der Waals surface area contributed by atoms with Crippen LogP contribution in [0.3, 0.4) is 0 Å². The minimum atomic E-state index is -0.665. The highest BCUT2D eigenvalue weighted by Gasteiger charge is 2.36. The number of aromatic nitrogens is 4. The minimum Gasteiger partial charge on any atom is -0.490 e. The Bertz CT molecular complexity index is 1280. The predicted molar refractivity (Wildman–Crippen MR) is 134 cm³/mol. The Hall–Kier alpha value is -3.47. The number of benzene rings is 2. The maximum atomic E-state index is 14.1. The molecule has 1 unspecified atom stereocenters. The van der Waals surface area contributed by atoms with E-state index in [-0.39, 0.29) is 12.4 Å². The van der Waals surface area contributed by atoms with Crippen molar-refractivity contribution < 1.29 is 23.4 Å². The molecule has 1 aliphatic rings. The molecule has 0 bridgehead atoms. The Morgan fingerprint density at radius 2 is 2.03 bits per heavy atom. The van der Waals surface area contributed by atoms with Gasteiger partial charge in [0.2, 0.25) is 5.95 Å². The molecular weight excluding hydrogens is 533 g/mol. The first-order valence-corrected chi connectivity index (χ1v) is 12.5. The van der Waals surface area contributed by atoms with Crippen molar-refractivity contribution in [1.82, 2.24) is 20.2 Å². The number of rotatable bonds is 10. The summed E-state index contributed by atoms with van der Waals surface area (Å²) in [6, 6.07) is 9.35. The number of halogens is 2. The molecular formula is C25H27BrFN5O4. The first-order chi connectivity index (χ1) is 17.4. The molecule has 0 amide bonds. The zero-order valence-corrected chi connectivity index (χ0v) is 21.8. The molecule has 2 heterocycles. The summed E-state index contributed by atoms with van der Waals surface area (Å²) in [7, 11) is 0. The third-order valence-electron chi connectivity index (χ3n) is 5.64. The van der Waals surface area contributed by atoms with E-state index in [0.717, 1.165) is 12.8 Å². The SMILES string of the molecule is CCCCOC(=O)C1=C(C)Nc2nnnn2C1c1cc(Br)c(OCc2ccccc2F)c(OCC)c1. The van der Waals surface area contributed by atoms with Crippen LogP contribution >= 0.6 is 15.9 Å². The lowest BCUT2D eigenvalue weighted by Gasteiger charge is -2.28. The number of hydrogen-bond donors (Lipinski definition) is 1. The van der Waals surface area contributed by atoms with Crippen LogP contribution in [0.25, 0.3) is 0 Å². The van der Waals surface area contributed by atoms with Gasteiger partial charge in [0.15, 0.2) is 11.5 Å². The average molecular weight is 560 g/mol. The topological polar surface area (TPSA) is 100 Å². The second kappa shape index (κ2) is 11.5. The third kappa shape index (κ3) is 5.35. The van der Waals surface area contributed by atoms with Gasteiger partial charge in [-0.25, -0.2) is 9.18 Å². The van der Waals surface area contributed by atoms with Crippen molar-refractivity contribution in [2.75, 3.05) is 18.5 Å². The van der Waals surface area contributed by atoms with Gasteiger partial charge in [-0.05, 0) is 70.4 Å². The molecule has 0 fully saturated rings. The van der Waals surface area contributed by atoms with Gasteiger partial charge >= 0.3 is 5.97 Å². The fraction of sp³-hybridized carbons (Fsp3) is 0.360. The number of nitrogens with one attached hydrogen (secondary N) is 1. The molecule has 1 N–H and O–H groups in total. The van der Waals surface area contributed by atoms with Crippen LogP contribution in [-0.2, 0) is 16.1 Å².